The minimum Gasteiger partial charge on any atom is -0.267 e. The zero-order chi connectivity index (χ0) is 14.6. The fraction of sp³-hybridized carbons (Fsp3) is 0.0714. The number of oxime groups is 1. The molecule has 0 saturated carbocycles. The van der Waals surface area contributed by atoms with E-state index in [4.69, 9.17) is 11.6 Å². The van der Waals surface area contributed by atoms with Crippen molar-refractivity contribution in [1.29, 1.82) is 0 Å². The van der Waals surface area contributed by atoms with Crippen molar-refractivity contribution in [2.45, 2.75) is 0 Å². The number of rotatable bonds is 4. The fourth-order valence-electron chi connectivity index (χ4n) is 1.58. The molecule has 0 heterocycles. The van der Waals surface area contributed by atoms with Crippen LogP contribution in [0.3, 0.4) is 0 Å². The molecule has 20 heavy (non-hydrogen) atoms. The third-order valence-corrected chi connectivity index (χ3v) is 3.12. The molecule has 0 amide bonds. The van der Waals surface area contributed by atoms with Gasteiger partial charge < -0.3 is 0 Å². The highest BCUT2D eigenvalue weighted by Gasteiger charge is 2.05. The van der Waals surface area contributed by atoms with Gasteiger partial charge in [0.15, 0.2) is 5.17 Å². The molecule has 0 atom stereocenters. The van der Waals surface area contributed by atoms with Crippen LogP contribution in [0.1, 0.15) is 5.56 Å². The molecule has 0 aliphatic carbocycles. The largest absolute Gasteiger partial charge is 0.325 e. The topological polar surface area (TPSA) is 55.7 Å². The first-order valence-corrected chi connectivity index (χ1v) is 7.93. The molecular weight excluding hydrogens is 298 g/mol. The van der Waals surface area contributed by atoms with Gasteiger partial charge in [0, 0.05) is 5.56 Å². The predicted octanol–water partition coefficient (Wildman–Crippen LogP) is 3.23. The molecule has 104 valence electrons. The standard InChI is InChI=1S/C14H12ClNO3S/c1-20(17,18)19-16-14(15)13-9-7-12(8-10-13)11-5-3-2-4-6-11/h2-10H,1H3/b16-14-. The van der Waals surface area contributed by atoms with Gasteiger partial charge in [0.25, 0.3) is 0 Å². The summed E-state index contributed by atoms with van der Waals surface area (Å²) in [6, 6.07) is 17.1. The first-order chi connectivity index (χ1) is 9.46. The van der Waals surface area contributed by atoms with Crippen LogP contribution in [0.4, 0.5) is 0 Å². The maximum absolute atomic E-state index is 10.8. The van der Waals surface area contributed by atoms with Gasteiger partial charge in [-0.3, -0.25) is 4.28 Å². The Morgan fingerprint density at radius 2 is 1.55 bits per heavy atom. The summed E-state index contributed by atoms with van der Waals surface area (Å²) in [6.07, 6.45) is 0.902. The molecule has 2 aromatic rings. The summed E-state index contributed by atoms with van der Waals surface area (Å²) in [5, 5.41) is 3.34. The first-order valence-electron chi connectivity index (χ1n) is 5.74. The summed E-state index contributed by atoms with van der Waals surface area (Å²) in [4.78, 5) is 0. The van der Waals surface area contributed by atoms with Gasteiger partial charge >= 0.3 is 10.1 Å². The van der Waals surface area contributed by atoms with Gasteiger partial charge in [0.05, 0.1) is 6.26 Å². The number of benzene rings is 2. The molecule has 0 aromatic heterocycles. The second-order valence-electron chi connectivity index (χ2n) is 4.10. The van der Waals surface area contributed by atoms with E-state index in [1.165, 1.54) is 0 Å². The number of hydrogen-bond donors (Lipinski definition) is 0. The molecule has 0 fully saturated rings. The molecule has 0 spiro atoms. The molecule has 0 radical (unpaired) electrons. The highest BCUT2D eigenvalue weighted by Crippen LogP contribution is 2.20. The van der Waals surface area contributed by atoms with E-state index in [1.807, 2.05) is 42.5 Å². The van der Waals surface area contributed by atoms with Crippen molar-refractivity contribution >= 4 is 26.9 Å². The van der Waals surface area contributed by atoms with E-state index in [-0.39, 0.29) is 5.17 Å². The van der Waals surface area contributed by atoms with Crippen LogP contribution in [0.5, 0.6) is 0 Å². The van der Waals surface area contributed by atoms with Crippen molar-refractivity contribution in [3.8, 4) is 11.1 Å². The van der Waals surface area contributed by atoms with Gasteiger partial charge in [-0.2, -0.15) is 8.42 Å². The molecule has 0 saturated heterocycles. The maximum Gasteiger partial charge on any atom is 0.325 e. The van der Waals surface area contributed by atoms with E-state index < -0.39 is 10.1 Å². The Labute approximate surface area is 122 Å². The predicted molar refractivity (Wildman–Crippen MR) is 80.2 cm³/mol. The first kappa shape index (κ1) is 14.6. The summed E-state index contributed by atoms with van der Waals surface area (Å²) in [5.74, 6) is 0. The van der Waals surface area contributed by atoms with E-state index in [1.54, 1.807) is 12.1 Å². The number of nitrogens with zero attached hydrogens (tertiary/aromatic N) is 1. The smallest absolute Gasteiger partial charge is 0.267 e. The lowest BCUT2D eigenvalue weighted by atomic mass is 10.0. The Morgan fingerprint density at radius 1 is 1.00 bits per heavy atom. The minimum absolute atomic E-state index is 0.0185. The van der Waals surface area contributed by atoms with Crippen molar-refractivity contribution in [2.75, 3.05) is 6.26 Å². The Morgan fingerprint density at radius 3 is 2.10 bits per heavy atom. The van der Waals surface area contributed by atoms with Crippen LogP contribution in [0.15, 0.2) is 59.8 Å². The lowest BCUT2D eigenvalue weighted by Gasteiger charge is -2.03. The van der Waals surface area contributed by atoms with Crippen LogP contribution in [0.25, 0.3) is 11.1 Å². The van der Waals surface area contributed by atoms with Crippen LogP contribution < -0.4 is 0 Å². The summed E-state index contributed by atoms with van der Waals surface area (Å²) in [5.41, 5.74) is 2.69. The molecule has 2 rings (SSSR count). The Balaban J connectivity index is 2.20. The second kappa shape index (κ2) is 6.07. The molecule has 0 aliphatic rings. The molecule has 0 aliphatic heterocycles. The van der Waals surface area contributed by atoms with Crippen molar-refractivity contribution in [2.24, 2.45) is 5.16 Å². The zero-order valence-electron chi connectivity index (χ0n) is 10.7. The zero-order valence-corrected chi connectivity index (χ0v) is 12.2. The summed E-state index contributed by atoms with van der Waals surface area (Å²) < 4.78 is 25.9. The molecule has 2 aromatic carbocycles. The van der Waals surface area contributed by atoms with Crippen molar-refractivity contribution < 1.29 is 12.7 Å². The van der Waals surface area contributed by atoms with Gasteiger partial charge in [0.1, 0.15) is 0 Å². The van der Waals surface area contributed by atoms with E-state index >= 15 is 0 Å². The van der Waals surface area contributed by atoms with Crippen LogP contribution >= 0.6 is 11.6 Å². The van der Waals surface area contributed by atoms with Crippen molar-refractivity contribution in [3.05, 3.63) is 60.2 Å². The Bertz CT molecular complexity index is 710. The highest BCUT2D eigenvalue weighted by atomic mass is 35.5. The van der Waals surface area contributed by atoms with E-state index in [2.05, 4.69) is 9.44 Å². The molecule has 0 N–H and O–H groups in total. The maximum atomic E-state index is 10.8. The van der Waals surface area contributed by atoms with Crippen molar-refractivity contribution in [1.82, 2.24) is 0 Å². The van der Waals surface area contributed by atoms with Gasteiger partial charge in [-0.05, 0) is 11.1 Å². The van der Waals surface area contributed by atoms with Crippen LogP contribution in [0, 0.1) is 0 Å². The molecule has 4 nitrogen and oxygen atoms in total. The van der Waals surface area contributed by atoms with Gasteiger partial charge in [0.2, 0.25) is 0 Å². The van der Waals surface area contributed by atoms with E-state index in [9.17, 15) is 8.42 Å². The quantitative estimate of drug-likeness (QED) is 0.643. The summed E-state index contributed by atoms with van der Waals surface area (Å²) in [6.45, 7) is 0. The third kappa shape index (κ3) is 4.08. The van der Waals surface area contributed by atoms with Gasteiger partial charge in [-0.1, -0.05) is 71.4 Å². The van der Waals surface area contributed by atoms with Gasteiger partial charge in [-0.25, -0.2) is 0 Å². The minimum atomic E-state index is -3.65. The highest BCUT2D eigenvalue weighted by molar-refractivity contribution is 7.85. The van der Waals surface area contributed by atoms with Gasteiger partial charge in [-0.15, -0.1) is 0 Å². The van der Waals surface area contributed by atoms with Crippen molar-refractivity contribution in [3.63, 3.8) is 0 Å². The van der Waals surface area contributed by atoms with Crippen LogP contribution in [-0.4, -0.2) is 19.8 Å². The molecule has 0 bridgehead atoms. The summed E-state index contributed by atoms with van der Waals surface area (Å²) in [7, 11) is -3.65. The SMILES string of the molecule is CS(=O)(=O)O/N=C(\Cl)c1ccc(-c2ccccc2)cc1. The number of halogens is 1. The Hall–Kier alpha value is -1.85. The lowest BCUT2D eigenvalue weighted by Crippen LogP contribution is -2.00. The van der Waals surface area contributed by atoms with Crippen LogP contribution in [0.2, 0.25) is 0 Å². The average Bonchev–Trinajstić information content (AvgIpc) is 2.45. The average molecular weight is 310 g/mol. The third-order valence-electron chi connectivity index (χ3n) is 2.48. The van der Waals surface area contributed by atoms with E-state index in [0.717, 1.165) is 17.4 Å². The lowest BCUT2D eigenvalue weighted by molar-refractivity contribution is 0.344. The monoisotopic (exact) mass is 309 g/mol. The number of hydrogen-bond acceptors (Lipinski definition) is 4. The Kier molecular flexibility index (Phi) is 4.42. The summed E-state index contributed by atoms with van der Waals surface area (Å²) >= 11 is 5.87. The second-order valence-corrected chi connectivity index (χ2v) is 6.02. The molecule has 6 heteroatoms. The normalized spacial score (nSPS) is 12.2. The molecule has 0 unspecified atom stereocenters. The van der Waals surface area contributed by atoms with E-state index in [0.29, 0.717) is 5.56 Å². The molecular formula is C14H12ClNO3S. The van der Waals surface area contributed by atoms with Crippen LogP contribution in [-0.2, 0) is 14.4 Å². The fourth-order valence-corrected chi connectivity index (χ4v) is 2.00.